The maximum atomic E-state index is 13.6. The van der Waals surface area contributed by atoms with Crippen LogP contribution in [0.3, 0.4) is 0 Å². The van der Waals surface area contributed by atoms with Gasteiger partial charge in [-0.05, 0) is 23.8 Å². The van der Waals surface area contributed by atoms with Crippen molar-refractivity contribution in [3.63, 3.8) is 0 Å². The number of ether oxygens (including phenoxy) is 1. The van der Waals surface area contributed by atoms with Gasteiger partial charge in [-0.1, -0.05) is 6.07 Å². The third kappa shape index (κ3) is 2.60. The van der Waals surface area contributed by atoms with Gasteiger partial charge < -0.3 is 10.5 Å². The molecular formula is C14H11F4NO. The Labute approximate surface area is 112 Å². The van der Waals surface area contributed by atoms with Gasteiger partial charge in [0.25, 0.3) is 0 Å². The molecule has 2 N–H and O–H groups in total. The quantitative estimate of drug-likeness (QED) is 0.693. The molecule has 0 aliphatic rings. The number of rotatable bonds is 3. The van der Waals surface area contributed by atoms with Crippen LogP contribution in [0.4, 0.5) is 17.6 Å². The van der Waals surface area contributed by atoms with E-state index in [4.69, 9.17) is 10.5 Å². The van der Waals surface area contributed by atoms with Gasteiger partial charge in [-0.15, -0.1) is 0 Å². The Morgan fingerprint density at radius 2 is 1.55 bits per heavy atom. The molecule has 2 aromatic rings. The van der Waals surface area contributed by atoms with Crippen LogP contribution in [-0.2, 0) is 0 Å². The van der Waals surface area contributed by atoms with Gasteiger partial charge in [0.15, 0.2) is 23.2 Å². The number of halogens is 4. The highest BCUT2D eigenvalue weighted by atomic mass is 19.2. The normalized spacial score (nSPS) is 12.3. The van der Waals surface area contributed by atoms with E-state index in [1.807, 2.05) is 0 Å². The highest BCUT2D eigenvalue weighted by Crippen LogP contribution is 2.28. The molecule has 1 unspecified atom stereocenters. The van der Waals surface area contributed by atoms with Crippen molar-refractivity contribution in [2.24, 2.45) is 5.73 Å². The average Bonchev–Trinajstić information content (AvgIpc) is 2.42. The molecule has 0 saturated carbocycles. The maximum Gasteiger partial charge on any atom is 0.165 e. The Kier molecular flexibility index (Phi) is 3.94. The van der Waals surface area contributed by atoms with Crippen molar-refractivity contribution >= 4 is 0 Å². The summed E-state index contributed by atoms with van der Waals surface area (Å²) in [7, 11) is 1.27. The second-order valence-electron chi connectivity index (χ2n) is 4.16. The van der Waals surface area contributed by atoms with Gasteiger partial charge in [-0.25, -0.2) is 17.6 Å². The van der Waals surface area contributed by atoms with Crippen molar-refractivity contribution in [3.05, 3.63) is 64.7 Å². The fourth-order valence-electron chi connectivity index (χ4n) is 1.83. The number of nitrogens with two attached hydrogens (primary N) is 1. The Balaban J connectivity index is 2.46. The molecular weight excluding hydrogens is 274 g/mol. The molecule has 0 amide bonds. The highest BCUT2D eigenvalue weighted by Gasteiger charge is 2.18. The van der Waals surface area contributed by atoms with Crippen molar-refractivity contribution in [1.82, 2.24) is 0 Å². The predicted octanol–water partition coefficient (Wildman–Crippen LogP) is 3.30. The molecule has 0 heterocycles. The summed E-state index contributed by atoms with van der Waals surface area (Å²) in [6, 6.07) is 3.74. The molecule has 2 nitrogen and oxygen atoms in total. The Hall–Kier alpha value is -2.08. The Bertz CT molecular complexity index is 645. The highest BCUT2D eigenvalue weighted by molar-refractivity contribution is 5.38. The lowest BCUT2D eigenvalue weighted by Crippen LogP contribution is -2.15. The van der Waals surface area contributed by atoms with Crippen LogP contribution in [0.25, 0.3) is 0 Å². The minimum Gasteiger partial charge on any atom is -0.494 e. The summed E-state index contributed by atoms with van der Waals surface area (Å²) in [6.45, 7) is 0. The molecule has 0 spiro atoms. The van der Waals surface area contributed by atoms with E-state index in [2.05, 4.69) is 0 Å². The SMILES string of the molecule is COc1cc(C(N)c2cc(F)c(F)cc2F)ccc1F. The molecule has 0 radical (unpaired) electrons. The smallest absolute Gasteiger partial charge is 0.165 e. The molecule has 2 aromatic carbocycles. The molecule has 0 aliphatic carbocycles. The molecule has 106 valence electrons. The Morgan fingerprint density at radius 1 is 0.900 bits per heavy atom. The number of hydrogen-bond acceptors (Lipinski definition) is 2. The van der Waals surface area contributed by atoms with Gasteiger partial charge >= 0.3 is 0 Å². The second-order valence-corrected chi connectivity index (χ2v) is 4.16. The van der Waals surface area contributed by atoms with E-state index in [-0.39, 0.29) is 11.3 Å². The van der Waals surface area contributed by atoms with Crippen LogP contribution in [-0.4, -0.2) is 7.11 Å². The van der Waals surface area contributed by atoms with Crippen molar-refractivity contribution < 1.29 is 22.3 Å². The zero-order valence-electron chi connectivity index (χ0n) is 10.5. The minimum absolute atomic E-state index is 0.0686. The summed E-state index contributed by atoms with van der Waals surface area (Å²) in [5.41, 5.74) is 5.89. The fourth-order valence-corrected chi connectivity index (χ4v) is 1.83. The lowest BCUT2D eigenvalue weighted by atomic mass is 9.98. The molecule has 6 heteroatoms. The van der Waals surface area contributed by atoms with Crippen LogP contribution in [0.5, 0.6) is 5.75 Å². The molecule has 1 atom stereocenters. The lowest BCUT2D eigenvalue weighted by Gasteiger charge is -2.15. The molecule has 0 bridgehead atoms. The maximum absolute atomic E-state index is 13.6. The molecule has 0 fully saturated rings. The average molecular weight is 285 g/mol. The molecule has 0 aromatic heterocycles. The van der Waals surface area contributed by atoms with E-state index < -0.39 is 29.3 Å². The van der Waals surface area contributed by atoms with E-state index in [1.54, 1.807) is 0 Å². The van der Waals surface area contributed by atoms with Gasteiger partial charge in [0.05, 0.1) is 13.2 Å². The summed E-state index contributed by atoms with van der Waals surface area (Å²) in [5, 5.41) is 0. The van der Waals surface area contributed by atoms with Crippen LogP contribution in [0.15, 0.2) is 30.3 Å². The zero-order chi connectivity index (χ0) is 14.9. The topological polar surface area (TPSA) is 35.2 Å². The minimum atomic E-state index is -1.30. The third-order valence-corrected chi connectivity index (χ3v) is 2.91. The number of methoxy groups -OCH3 is 1. The summed E-state index contributed by atoms with van der Waals surface area (Å²) in [5.74, 6) is -4.14. The van der Waals surface area contributed by atoms with Crippen molar-refractivity contribution in [3.8, 4) is 5.75 Å². The molecule has 0 aliphatic heterocycles. The van der Waals surface area contributed by atoms with Crippen molar-refractivity contribution in [2.45, 2.75) is 6.04 Å². The van der Waals surface area contributed by atoms with Gasteiger partial charge in [-0.2, -0.15) is 0 Å². The third-order valence-electron chi connectivity index (χ3n) is 2.91. The van der Waals surface area contributed by atoms with E-state index in [9.17, 15) is 17.6 Å². The monoisotopic (exact) mass is 285 g/mol. The number of hydrogen-bond donors (Lipinski definition) is 1. The van der Waals surface area contributed by atoms with E-state index in [0.717, 1.165) is 6.07 Å². The zero-order valence-corrected chi connectivity index (χ0v) is 10.5. The fraction of sp³-hybridized carbons (Fsp3) is 0.143. The van der Waals surface area contributed by atoms with Gasteiger partial charge in [0.1, 0.15) is 5.82 Å². The summed E-state index contributed by atoms with van der Waals surface area (Å²) in [4.78, 5) is 0. The first-order valence-electron chi connectivity index (χ1n) is 5.67. The first-order chi connectivity index (χ1) is 9.43. The summed E-state index contributed by atoms with van der Waals surface area (Å²) in [6.07, 6.45) is 0. The standard InChI is InChI=1S/C14H11F4NO/c1-20-13-4-7(2-3-9(13)15)14(19)8-5-11(17)12(18)6-10(8)16/h2-6,14H,19H2,1H3. The van der Waals surface area contributed by atoms with Crippen LogP contribution in [0, 0.1) is 23.3 Å². The largest absolute Gasteiger partial charge is 0.494 e. The Morgan fingerprint density at radius 3 is 2.20 bits per heavy atom. The summed E-state index contributed by atoms with van der Waals surface area (Å²) >= 11 is 0. The van der Waals surface area contributed by atoms with Crippen molar-refractivity contribution in [1.29, 1.82) is 0 Å². The van der Waals surface area contributed by atoms with E-state index in [0.29, 0.717) is 17.7 Å². The van der Waals surface area contributed by atoms with Gasteiger partial charge in [-0.3, -0.25) is 0 Å². The summed E-state index contributed by atoms with van der Waals surface area (Å²) < 4.78 is 57.7. The first kappa shape index (κ1) is 14.3. The first-order valence-corrected chi connectivity index (χ1v) is 5.67. The van der Waals surface area contributed by atoms with Crippen molar-refractivity contribution in [2.75, 3.05) is 7.11 Å². The molecule has 2 rings (SSSR count). The van der Waals surface area contributed by atoms with Gasteiger partial charge in [0, 0.05) is 11.6 Å². The second kappa shape index (κ2) is 5.50. The van der Waals surface area contributed by atoms with E-state index in [1.165, 1.54) is 19.2 Å². The van der Waals surface area contributed by atoms with Crippen LogP contribution in [0.1, 0.15) is 17.2 Å². The lowest BCUT2D eigenvalue weighted by molar-refractivity contribution is 0.385. The molecule has 0 saturated heterocycles. The van der Waals surface area contributed by atoms with E-state index >= 15 is 0 Å². The molecule has 20 heavy (non-hydrogen) atoms. The van der Waals surface area contributed by atoms with Crippen LogP contribution >= 0.6 is 0 Å². The van der Waals surface area contributed by atoms with Crippen LogP contribution < -0.4 is 10.5 Å². The van der Waals surface area contributed by atoms with Gasteiger partial charge in [0.2, 0.25) is 0 Å². The predicted molar refractivity (Wildman–Crippen MR) is 65.3 cm³/mol. The number of benzene rings is 2. The van der Waals surface area contributed by atoms with Crippen LogP contribution in [0.2, 0.25) is 0 Å².